The van der Waals surface area contributed by atoms with E-state index in [2.05, 4.69) is 20.2 Å². The van der Waals surface area contributed by atoms with Gasteiger partial charge in [0, 0.05) is 0 Å². The van der Waals surface area contributed by atoms with Gasteiger partial charge in [-0.2, -0.15) is 5.26 Å². The Morgan fingerprint density at radius 3 is 3.00 bits per heavy atom. The summed E-state index contributed by atoms with van der Waals surface area (Å²) in [5.74, 6) is 0.381. The van der Waals surface area contributed by atoms with Crippen LogP contribution in [0.1, 0.15) is 0 Å². The highest BCUT2D eigenvalue weighted by Crippen LogP contribution is 2.21. The van der Waals surface area contributed by atoms with Gasteiger partial charge in [-0.1, -0.05) is 12.2 Å². The van der Waals surface area contributed by atoms with Gasteiger partial charge in [-0.3, -0.25) is 0 Å². The number of thiocarbonyl (C=S) groups is 1. The van der Waals surface area contributed by atoms with Gasteiger partial charge in [-0.05, 0) is 0 Å². The number of hydrogen-bond donors (Lipinski definition) is 0. The molecule has 0 unspecified atom stereocenters. The largest absolute Gasteiger partial charge is 0.224 e. The van der Waals surface area contributed by atoms with E-state index in [1.54, 1.807) is 0 Å². The van der Waals surface area contributed by atoms with Gasteiger partial charge in [0.2, 0.25) is 0 Å². The lowest BCUT2D eigenvalue weighted by Crippen LogP contribution is -2.10. The molecule has 0 bridgehead atoms. The van der Waals surface area contributed by atoms with E-state index in [4.69, 9.17) is 17.5 Å². The first-order valence-electron chi connectivity index (χ1n) is 3.04. The van der Waals surface area contributed by atoms with E-state index in [0.717, 1.165) is 0 Å². The fourth-order valence-electron chi connectivity index (χ4n) is 0.869. The second kappa shape index (κ2) is 2.39. The van der Waals surface area contributed by atoms with Crippen LogP contribution in [-0.4, -0.2) is 17.2 Å². The summed E-state index contributed by atoms with van der Waals surface area (Å²) in [6.07, 6.45) is 1.31. The highest BCUT2D eigenvalue weighted by atomic mass is 32.1. The Labute approximate surface area is 72.9 Å². The van der Waals surface area contributed by atoms with Gasteiger partial charge >= 0.3 is 0 Å². The van der Waals surface area contributed by atoms with Crippen molar-refractivity contribution in [2.24, 2.45) is 20.2 Å². The van der Waals surface area contributed by atoms with E-state index in [-0.39, 0.29) is 5.70 Å². The predicted octanol–water partition coefficient (Wildman–Crippen LogP) is 0.998. The zero-order valence-electron chi connectivity index (χ0n) is 5.72. The molecule has 0 spiro atoms. The minimum atomic E-state index is 0.190. The fourth-order valence-corrected chi connectivity index (χ4v) is 1.10. The average Bonchev–Trinajstić information content (AvgIpc) is 2.49. The van der Waals surface area contributed by atoms with E-state index in [1.807, 2.05) is 6.07 Å². The van der Waals surface area contributed by atoms with Crippen LogP contribution in [0.3, 0.4) is 0 Å². The molecule has 5 nitrogen and oxygen atoms in total. The molecule has 12 heavy (non-hydrogen) atoms. The maximum absolute atomic E-state index is 8.59. The summed E-state index contributed by atoms with van der Waals surface area (Å²) in [6, 6.07) is 1.87. The lowest BCUT2D eigenvalue weighted by molar-refractivity contribution is 1.26. The van der Waals surface area contributed by atoms with Crippen molar-refractivity contribution < 1.29 is 0 Å². The quantitative estimate of drug-likeness (QED) is 0.515. The molecular formula is C6HN5S. The zero-order chi connectivity index (χ0) is 8.55. The molecule has 0 aliphatic carbocycles. The Kier molecular flexibility index (Phi) is 1.38. The molecule has 0 aromatic rings. The lowest BCUT2D eigenvalue weighted by Gasteiger charge is -2.01. The minimum absolute atomic E-state index is 0.190. The topological polar surface area (TPSA) is 73.2 Å². The Bertz CT molecular complexity index is 420. The SMILES string of the molecule is N#CC1=C2C(=S)N=CN=C2N=N1. The van der Waals surface area contributed by atoms with Crippen molar-refractivity contribution in [1.82, 2.24) is 0 Å². The summed E-state index contributed by atoms with van der Waals surface area (Å²) in [6.45, 7) is 0. The van der Waals surface area contributed by atoms with Crippen LogP contribution in [0.2, 0.25) is 0 Å². The van der Waals surface area contributed by atoms with Crippen LogP contribution in [-0.2, 0) is 0 Å². The van der Waals surface area contributed by atoms with Crippen LogP contribution in [0.25, 0.3) is 0 Å². The van der Waals surface area contributed by atoms with Gasteiger partial charge in [0.25, 0.3) is 0 Å². The lowest BCUT2D eigenvalue weighted by atomic mass is 10.2. The van der Waals surface area contributed by atoms with Gasteiger partial charge in [0.15, 0.2) is 11.5 Å². The molecule has 2 aliphatic rings. The van der Waals surface area contributed by atoms with Gasteiger partial charge in [0.1, 0.15) is 17.4 Å². The maximum Gasteiger partial charge on any atom is 0.189 e. The average molecular weight is 175 g/mol. The fraction of sp³-hybridized carbons (Fsp3) is 0. The molecule has 0 atom stereocenters. The molecule has 0 fully saturated rings. The third-order valence-corrected chi connectivity index (χ3v) is 1.69. The molecule has 56 valence electrons. The molecule has 0 saturated carbocycles. The number of nitriles is 1. The summed E-state index contributed by atoms with van der Waals surface area (Å²) in [5.41, 5.74) is 0.658. The normalized spacial score (nSPS) is 19.2. The standard InChI is InChI=1S/C6HN5S/c7-1-3-4-5(11-10-3)8-2-9-6(4)12/h2H. The van der Waals surface area contributed by atoms with E-state index in [9.17, 15) is 0 Å². The van der Waals surface area contributed by atoms with Crippen molar-refractivity contribution >= 4 is 29.4 Å². The molecule has 0 radical (unpaired) electrons. The molecule has 2 heterocycles. The Morgan fingerprint density at radius 1 is 1.42 bits per heavy atom. The van der Waals surface area contributed by atoms with Crippen LogP contribution in [0.15, 0.2) is 31.5 Å². The second-order valence-electron chi connectivity index (χ2n) is 2.04. The van der Waals surface area contributed by atoms with Crippen LogP contribution in [0.4, 0.5) is 0 Å². The number of aliphatic imine (C=N–C) groups is 2. The number of nitrogens with zero attached hydrogens (tertiary/aromatic N) is 5. The zero-order valence-corrected chi connectivity index (χ0v) is 6.54. The molecule has 6 heteroatoms. The Balaban J connectivity index is 2.63. The number of amidine groups is 1. The van der Waals surface area contributed by atoms with Gasteiger partial charge < -0.3 is 0 Å². The molecular weight excluding hydrogens is 174 g/mol. The summed E-state index contributed by atoms with van der Waals surface area (Å²) in [7, 11) is 0. The smallest absolute Gasteiger partial charge is 0.189 e. The molecule has 0 saturated heterocycles. The molecule has 0 aromatic heterocycles. The van der Waals surface area contributed by atoms with Crippen LogP contribution < -0.4 is 0 Å². The predicted molar refractivity (Wildman–Crippen MR) is 46.0 cm³/mol. The summed E-state index contributed by atoms with van der Waals surface area (Å²) in [4.78, 5) is 7.89. The first-order chi connectivity index (χ1) is 5.83. The first-order valence-corrected chi connectivity index (χ1v) is 3.45. The van der Waals surface area contributed by atoms with E-state index in [0.29, 0.717) is 16.4 Å². The number of azo groups is 1. The first kappa shape index (κ1) is 6.94. The molecule has 2 aliphatic heterocycles. The van der Waals surface area contributed by atoms with E-state index < -0.39 is 0 Å². The van der Waals surface area contributed by atoms with Crippen LogP contribution in [0.5, 0.6) is 0 Å². The van der Waals surface area contributed by atoms with E-state index >= 15 is 0 Å². The minimum Gasteiger partial charge on any atom is -0.224 e. The van der Waals surface area contributed by atoms with Crippen molar-refractivity contribution in [2.75, 3.05) is 0 Å². The van der Waals surface area contributed by atoms with Crippen molar-refractivity contribution in [1.29, 1.82) is 5.26 Å². The number of fused-ring (bicyclic) bond motifs is 1. The van der Waals surface area contributed by atoms with Crippen molar-refractivity contribution in [3.05, 3.63) is 11.3 Å². The summed E-state index contributed by atoms with van der Waals surface area (Å²) in [5, 5.41) is 15.8. The molecule has 0 N–H and O–H groups in total. The molecule has 0 amide bonds. The highest BCUT2D eigenvalue weighted by molar-refractivity contribution is 7.81. The van der Waals surface area contributed by atoms with Crippen molar-refractivity contribution in [3.8, 4) is 6.07 Å². The number of hydrogen-bond acceptors (Lipinski definition) is 5. The number of rotatable bonds is 0. The number of allylic oxidation sites excluding steroid dienone is 1. The van der Waals surface area contributed by atoms with Gasteiger partial charge in [0.05, 0.1) is 5.57 Å². The van der Waals surface area contributed by atoms with Gasteiger partial charge in [-0.25, -0.2) is 9.98 Å². The van der Waals surface area contributed by atoms with E-state index in [1.165, 1.54) is 6.34 Å². The third kappa shape index (κ3) is 0.805. The second-order valence-corrected chi connectivity index (χ2v) is 2.42. The van der Waals surface area contributed by atoms with Crippen LogP contribution in [0, 0.1) is 11.3 Å². The Hall–Kier alpha value is -1.74. The van der Waals surface area contributed by atoms with Gasteiger partial charge in [-0.15, -0.1) is 10.2 Å². The van der Waals surface area contributed by atoms with Crippen LogP contribution >= 0.6 is 12.2 Å². The third-order valence-electron chi connectivity index (χ3n) is 1.38. The Morgan fingerprint density at radius 2 is 2.25 bits per heavy atom. The monoisotopic (exact) mass is 175 g/mol. The van der Waals surface area contributed by atoms with Crippen molar-refractivity contribution in [2.45, 2.75) is 0 Å². The summed E-state index contributed by atoms with van der Waals surface area (Å²) < 4.78 is 0. The maximum atomic E-state index is 8.59. The molecule has 2 rings (SSSR count). The summed E-state index contributed by atoms with van der Waals surface area (Å²) >= 11 is 4.88. The highest BCUT2D eigenvalue weighted by Gasteiger charge is 2.24. The van der Waals surface area contributed by atoms with Crippen molar-refractivity contribution in [3.63, 3.8) is 0 Å². The molecule has 0 aromatic carbocycles.